The molecule has 5 heterocycles. The highest BCUT2D eigenvalue weighted by atomic mass is 16.2. The lowest BCUT2D eigenvalue weighted by atomic mass is 10.1. The highest BCUT2D eigenvalue weighted by molar-refractivity contribution is 5.92. The Morgan fingerprint density at radius 1 is 1.22 bits per heavy atom. The minimum absolute atomic E-state index is 0.180. The first-order valence-electron chi connectivity index (χ1n) is 10.7. The Kier molecular flexibility index (Phi) is 4.53. The zero-order chi connectivity index (χ0) is 21.5. The molecule has 1 saturated heterocycles. The molecule has 1 saturated carbocycles. The number of anilines is 2. The number of nitrogens with zero attached hydrogens (tertiary/aromatic N) is 7. The first-order chi connectivity index (χ1) is 15.8. The number of H-pyrrole nitrogens is 1. The van der Waals surface area contributed by atoms with Gasteiger partial charge in [0.1, 0.15) is 23.2 Å². The van der Waals surface area contributed by atoms with Gasteiger partial charge in [0.15, 0.2) is 5.82 Å². The molecule has 1 aliphatic carbocycles. The molecule has 0 radical (unpaired) electrons. The van der Waals surface area contributed by atoms with Crippen LogP contribution in [0, 0.1) is 0 Å². The molecule has 0 spiro atoms. The third-order valence-electron chi connectivity index (χ3n) is 5.83. The van der Waals surface area contributed by atoms with Gasteiger partial charge in [-0.1, -0.05) is 0 Å². The fraction of sp³-hybridized carbons (Fsp3) is 0.333. The zero-order valence-corrected chi connectivity index (χ0v) is 17.3. The number of carbonyl (C=O) groups excluding carboxylic acids is 1. The normalized spacial score (nSPS) is 18.8. The molecule has 162 valence electrons. The van der Waals surface area contributed by atoms with E-state index in [1.165, 1.54) is 25.2 Å². The van der Waals surface area contributed by atoms with Crippen molar-refractivity contribution in [1.29, 1.82) is 0 Å². The van der Waals surface area contributed by atoms with Gasteiger partial charge in [-0.25, -0.2) is 9.97 Å². The first kappa shape index (κ1) is 18.9. The summed E-state index contributed by atoms with van der Waals surface area (Å²) in [7, 11) is 0. The molecule has 32 heavy (non-hydrogen) atoms. The summed E-state index contributed by atoms with van der Waals surface area (Å²) in [5, 5.41) is 14.1. The molecule has 2 aliphatic rings. The minimum atomic E-state index is -0.331. The maximum Gasteiger partial charge on any atom is 0.274 e. The van der Waals surface area contributed by atoms with Crippen LogP contribution in [0.3, 0.4) is 0 Å². The largest absolute Gasteiger partial charge is 0.324 e. The van der Waals surface area contributed by atoms with Crippen molar-refractivity contribution in [3.63, 3.8) is 0 Å². The van der Waals surface area contributed by atoms with E-state index in [-0.39, 0.29) is 11.9 Å². The molecule has 0 aromatic carbocycles. The molecule has 11 heteroatoms. The summed E-state index contributed by atoms with van der Waals surface area (Å²) in [4.78, 5) is 32.7. The number of fused-ring (bicyclic) bond motifs is 1. The van der Waals surface area contributed by atoms with E-state index in [0.717, 1.165) is 17.2 Å². The number of hydrogen-bond acceptors (Lipinski definition) is 8. The van der Waals surface area contributed by atoms with Crippen LogP contribution in [-0.4, -0.2) is 65.0 Å². The van der Waals surface area contributed by atoms with Crippen LogP contribution in [0.15, 0.2) is 43.0 Å². The van der Waals surface area contributed by atoms with Crippen LogP contribution < -0.4 is 10.6 Å². The molecule has 0 bridgehead atoms. The Balaban J connectivity index is 1.35. The standard InChI is InChI=1S/C21H22N10O/c32-20(15-11-22-5-6-24-15)30-9-7-23-12-16(30)19-26-18-2-1-8-31(18)21(27-19)25-17-10-14(28-29-17)13-3-4-13/h1-2,5-6,8,10-11,13,16,23H,3-4,7,9,12H2,(H2,25,26,27,28,29). The Labute approximate surface area is 183 Å². The number of aromatic amines is 1. The summed E-state index contributed by atoms with van der Waals surface area (Å²) in [6, 6.07) is 5.54. The topological polar surface area (TPSA) is 129 Å². The second kappa shape index (κ2) is 7.68. The highest BCUT2D eigenvalue weighted by Crippen LogP contribution is 2.39. The van der Waals surface area contributed by atoms with Gasteiger partial charge in [-0.05, 0) is 25.0 Å². The van der Waals surface area contributed by atoms with Crippen LogP contribution >= 0.6 is 0 Å². The van der Waals surface area contributed by atoms with E-state index in [1.54, 1.807) is 11.1 Å². The van der Waals surface area contributed by atoms with Crippen molar-refractivity contribution in [1.82, 2.24) is 44.8 Å². The summed E-state index contributed by atoms with van der Waals surface area (Å²) in [5.74, 6) is 2.33. The van der Waals surface area contributed by atoms with Gasteiger partial charge in [0.25, 0.3) is 5.91 Å². The first-order valence-corrected chi connectivity index (χ1v) is 10.7. The van der Waals surface area contributed by atoms with Crippen molar-refractivity contribution >= 4 is 23.3 Å². The van der Waals surface area contributed by atoms with Gasteiger partial charge in [-0.15, -0.1) is 0 Å². The van der Waals surface area contributed by atoms with Crippen LogP contribution in [0.4, 0.5) is 11.8 Å². The molecule has 6 rings (SSSR count). The van der Waals surface area contributed by atoms with Crippen LogP contribution in [0.2, 0.25) is 0 Å². The maximum absolute atomic E-state index is 13.2. The van der Waals surface area contributed by atoms with Crippen molar-refractivity contribution in [3.8, 4) is 0 Å². The lowest BCUT2D eigenvalue weighted by Gasteiger charge is -2.35. The molecule has 4 aromatic rings. The molecule has 11 nitrogen and oxygen atoms in total. The molecule has 1 aliphatic heterocycles. The molecule has 4 aromatic heterocycles. The Bertz CT molecular complexity index is 1260. The number of piperazine rings is 1. The van der Waals surface area contributed by atoms with Crippen molar-refractivity contribution in [2.75, 3.05) is 25.0 Å². The van der Waals surface area contributed by atoms with Gasteiger partial charge in [0.2, 0.25) is 5.95 Å². The van der Waals surface area contributed by atoms with Crippen LogP contribution in [0.25, 0.3) is 5.65 Å². The second-order valence-corrected chi connectivity index (χ2v) is 8.06. The molecule has 2 fully saturated rings. The molecular weight excluding hydrogens is 408 g/mol. The van der Waals surface area contributed by atoms with Crippen molar-refractivity contribution in [3.05, 3.63) is 60.2 Å². The maximum atomic E-state index is 13.2. The van der Waals surface area contributed by atoms with Gasteiger partial charge in [-0.2, -0.15) is 10.1 Å². The summed E-state index contributed by atoms with van der Waals surface area (Å²) in [6.07, 6.45) is 8.85. The van der Waals surface area contributed by atoms with Crippen molar-refractivity contribution in [2.24, 2.45) is 0 Å². The number of amides is 1. The minimum Gasteiger partial charge on any atom is -0.324 e. The summed E-state index contributed by atoms with van der Waals surface area (Å²) in [5.41, 5.74) is 2.13. The summed E-state index contributed by atoms with van der Waals surface area (Å²) < 4.78 is 1.88. The third-order valence-corrected chi connectivity index (χ3v) is 5.83. The second-order valence-electron chi connectivity index (χ2n) is 8.06. The number of hydrogen-bond donors (Lipinski definition) is 3. The van der Waals surface area contributed by atoms with E-state index in [4.69, 9.17) is 9.97 Å². The average molecular weight is 430 g/mol. The summed E-state index contributed by atoms with van der Waals surface area (Å²) in [6.45, 7) is 1.78. The van der Waals surface area contributed by atoms with Crippen LogP contribution in [0.5, 0.6) is 0 Å². The van der Waals surface area contributed by atoms with E-state index < -0.39 is 0 Å². The van der Waals surface area contributed by atoms with Gasteiger partial charge >= 0.3 is 0 Å². The van der Waals surface area contributed by atoms with E-state index in [9.17, 15) is 4.79 Å². The SMILES string of the molecule is O=C(c1cnccn1)N1CCNCC1c1nc(Nc2cc(C3CC3)n[nH]2)n2cccc2n1. The molecular formula is C21H22N10O. The number of carbonyl (C=O) groups is 1. The van der Waals surface area contributed by atoms with Crippen LogP contribution in [0.1, 0.15) is 46.8 Å². The van der Waals surface area contributed by atoms with Crippen molar-refractivity contribution < 1.29 is 4.79 Å². The quantitative estimate of drug-likeness (QED) is 0.436. The molecule has 1 amide bonds. The van der Waals surface area contributed by atoms with Gasteiger partial charge in [-0.3, -0.25) is 19.3 Å². The smallest absolute Gasteiger partial charge is 0.274 e. The van der Waals surface area contributed by atoms with E-state index >= 15 is 0 Å². The van der Waals surface area contributed by atoms with Crippen molar-refractivity contribution in [2.45, 2.75) is 24.8 Å². The monoisotopic (exact) mass is 430 g/mol. The number of nitrogens with one attached hydrogen (secondary N) is 3. The average Bonchev–Trinajstić information content (AvgIpc) is 3.39. The lowest BCUT2D eigenvalue weighted by Crippen LogP contribution is -2.49. The fourth-order valence-corrected chi connectivity index (χ4v) is 4.03. The lowest BCUT2D eigenvalue weighted by molar-refractivity contribution is 0.0617. The highest BCUT2D eigenvalue weighted by Gasteiger charge is 2.32. The van der Waals surface area contributed by atoms with E-state index in [0.29, 0.717) is 43.0 Å². The Hall–Kier alpha value is -3.86. The fourth-order valence-electron chi connectivity index (χ4n) is 4.03. The van der Waals surface area contributed by atoms with Gasteiger partial charge in [0, 0.05) is 50.2 Å². The summed E-state index contributed by atoms with van der Waals surface area (Å²) >= 11 is 0. The van der Waals surface area contributed by atoms with Gasteiger partial charge < -0.3 is 15.5 Å². The van der Waals surface area contributed by atoms with E-state index in [1.807, 2.05) is 28.8 Å². The van der Waals surface area contributed by atoms with E-state index in [2.05, 4.69) is 30.8 Å². The van der Waals surface area contributed by atoms with Crippen LogP contribution in [-0.2, 0) is 0 Å². The molecule has 1 unspecified atom stereocenters. The Morgan fingerprint density at radius 2 is 2.16 bits per heavy atom. The molecule has 3 N–H and O–H groups in total. The predicted molar refractivity (Wildman–Crippen MR) is 116 cm³/mol. The number of rotatable bonds is 5. The zero-order valence-electron chi connectivity index (χ0n) is 17.3. The van der Waals surface area contributed by atoms with Gasteiger partial charge in [0.05, 0.1) is 11.9 Å². The number of aromatic nitrogens is 7. The molecule has 1 atom stereocenters. The predicted octanol–water partition coefficient (Wildman–Crippen LogP) is 1.65. The third kappa shape index (κ3) is 3.46. The Morgan fingerprint density at radius 3 is 3.00 bits per heavy atom.